The molecule has 3 nitrogen and oxygen atoms in total. The van der Waals surface area contributed by atoms with Gasteiger partial charge in [-0.25, -0.2) is 0 Å². The van der Waals surface area contributed by atoms with E-state index in [1.54, 1.807) is 0 Å². The lowest BCUT2D eigenvalue weighted by atomic mass is 10.1. The Morgan fingerprint density at radius 1 is 1.05 bits per heavy atom. The van der Waals surface area contributed by atoms with E-state index in [0.717, 1.165) is 12.2 Å². The van der Waals surface area contributed by atoms with E-state index in [2.05, 4.69) is 24.4 Å². The minimum absolute atomic E-state index is 0.158. The average molecular weight is 296 g/mol. The molecule has 0 spiro atoms. The highest BCUT2D eigenvalue weighted by atomic mass is 16.2. The third kappa shape index (κ3) is 4.43. The van der Waals surface area contributed by atoms with Crippen molar-refractivity contribution in [2.75, 3.05) is 18.0 Å². The summed E-state index contributed by atoms with van der Waals surface area (Å²) in [7, 11) is 0. The van der Waals surface area contributed by atoms with Gasteiger partial charge >= 0.3 is 0 Å². The highest BCUT2D eigenvalue weighted by Crippen LogP contribution is 2.14. The Bertz CT molecular complexity index is 595. The minimum Gasteiger partial charge on any atom is -0.313 e. The summed E-state index contributed by atoms with van der Waals surface area (Å²) in [5.74, 6) is 0.158. The van der Waals surface area contributed by atoms with Crippen LogP contribution >= 0.6 is 0 Å². The van der Waals surface area contributed by atoms with Gasteiger partial charge in [-0.15, -0.1) is 0 Å². The average Bonchev–Trinajstić information content (AvgIpc) is 2.55. The lowest BCUT2D eigenvalue weighted by Gasteiger charge is -2.21. The van der Waals surface area contributed by atoms with Gasteiger partial charge in [0.1, 0.15) is 0 Å². The van der Waals surface area contributed by atoms with E-state index >= 15 is 0 Å². The molecular weight excluding hydrogens is 272 g/mol. The van der Waals surface area contributed by atoms with E-state index in [1.807, 2.05) is 54.3 Å². The van der Waals surface area contributed by atoms with Crippen LogP contribution in [0, 0.1) is 6.92 Å². The lowest BCUT2D eigenvalue weighted by molar-refractivity contribution is -0.118. The Hall–Kier alpha value is -2.13. The molecule has 0 aromatic heterocycles. The molecule has 2 rings (SSSR count). The number of carbonyl (C=O) groups is 1. The number of hydrogen-bond acceptors (Lipinski definition) is 2. The number of para-hydroxylation sites is 1. The van der Waals surface area contributed by atoms with Crippen LogP contribution in [0.4, 0.5) is 5.69 Å². The van der Waals surface area contributed by atoms with E-state index in [4.69, 9.17) is 0 Å². The zero-order valence-electron chi connectivity index (χ0n) is 13.4. The van der Waals surface area contributed by atoms with Gasteiger partial charge < -0.3 is 10.2 Å². The topological polar surface area (TPSA) is 32.3 Å². The number of aryl methyl sites for hydroxylation is 1. The van der Waals surface area contributed by atoms with Gasteiger partial charge in [0.05, 0.1) is 0 Å². The molecule has 0 bridgehead atoms. The standard InChI is InChI=1S/C19H24N2O/c1-3-21(18-11-5-4-6-12-18)19(22)13-14-20-15-17-10-8-7-9-16(17)2/h4-12,20H,3,13-15H2,1-2H3. The number of nitrogens with zero attached hydrogens (tertiary/aromatic N) is 1. The summed E-state index contributed by atoms with van der Waals surface area (Å²) >= 11 is 0. The monoisotopic (exact) mass is 296 g/mol. The van der Waals surface area contributed by atoms with Gasteiger partial charge in [0.2, 0.25) is 5.91 Å². The quantitative estimate of drug-likeness (QED) is 0.793. The summed E-state index contributed by atoms with van der Waals surface area (Å²) in [5.41, 5.74) is 3.53. The van der Waals surface area contributed by atoms with Crippen molar-refractivity contribution < 1.29 is 4.79 Å². The molecule has 1 amide bonds. The molecule has 0 atom stereocenters. The zero-order valence-corrected chi connectivity index (χ0v) is 13.4. The van der Waals surface area contributed by atoms with Crippen LogP contribution in [-0.4, -0.2) is 19.0 Å². The molecule has 1 N–H and O–H groups in total. The van der Waals surface area contributed by atoms with Crippen molar-refractivity contribution in [2.45, 2.75) is 26.8 Å². The SMILES string of the molecule is CCN(C(=O)CCNCc1ccccc1C)c1ccccc1. The largest absolute Gasteiger partial charge is 0.313 e. The van der Waals surface area contributed by atoms with Gasteiger partial charge in [0.15, 0.2) is 0 Å². The molecule has 22 heavy (non-hydrogen) atoms. The van der Waals surface area contributed by atoms with E-state index < -0.39 is 0 Å². The van der Waals surface area contributed by atoms with Gasteiger partial charge in [-0.2, -0.15) is 0 Å². The molecule has 3 heteroatoms. The van der Waals surface area contributed by atoms with Crippen LogP contribution in [0.1, 0.15) is 24.5 Å². The zero-order chi connectivity index (χ0) is 15.8. The van der Waals surface area contributed by atoms with Gasteiger partial charge in [-0.3, -0.25) is 4.79 Å². The highest BCUT2D eigenvalue weighted by molar-refractivity contribution is 5.93. The lowest BCUT2D eigenvalue weighted by Crippen LogP contribution is -2.33. The highest BCUT2D eigenvalue weighted by Gasteiger charge is 2.12. The summed E-state index contributed by atoms with van der Waals surface area (Å²) in [5, 5.41) is 3.36. The third-order valence-corrected chi connectivity index (χ3v) is 3.78. The molecule has 0 saturated heterocycles. The van der Waals surface area contributed by atoms with Gasteiger partial charge in [-0.1, -0.05) is 42.5 Å². The van der Waals surface area contributed by atoms with Crippen molar-refractivity contribution >= 4 is 11.6 Å². The Labute approximate surface area is 133 Å². The van der Waals surface area contributed by atoms with E-state index in [-0.39, 0.29) is 5.91 Å². The summed E-state index contributed by atoms with van der Waals surface area (Å²) in [6.07, 6.45) is 0.509. The first-order valence-electron chi connectivity index (χ1n) is 7.83. The second kappa shape index (κ2) is 8.35. The number of nitrogens with one attached hydrogen (secondary N) is 1. The van der Waals surface area contributed by atoms with Crippen LogP contribution in [0.15, 0.2) is 54.6 Å². The van der Waals surface area contributed by atoms with Crippen molar-refractivity contribution in [3.63, 3.8) is 0 Å². The van der Waals surface area contributed by atoms with Crippen LogP contribution in [0.2, 0.25) is 0 Å². The Morgan fingerprint density at radius 2 is 1.73 bits per heavy atom. The minimum atomic E-state index is 0.158. The molecule has 0 heterocycles. The summed E-state index contributed by atoms with van der Waals surface area (Å²) < 4.78 is 0. The van der Waals surface area contributed by atoms with E-state index in [1.165, 1.54) is 11.1 Å². The molecule has 0 fully saturated rings. The first kappa shape index (κ1) is 16.2. The molecule has 0 saturated carbocycles. The predicted molar refractivity (Wildman–Crippen MR) is 92.0 cm³/mol. The van der Waals surface area contributed by atoms with Crippen LogP contribution in [-0.2, 0) is 11.3 Å². The van der Waals surface area contributed by atoms with Crippen molar-refractivity contribution in [1.29, 1.82) is 0 Å². The molecule has 0 aliphatic heterocycles. The second-order valence-corrected chi connectivity index (χ2v) is 5.33. The summed E-state index contributed by atoms with van der Waals surface area (Å²) in [6, 6.07) is 18.1. The number of hydrogen-bond donors (Lipinski definition) is 1. The fourth-order valence-corrected chi connectivity index (χ4v) is 2.47. The summed E-state index contributed by atoms with van der Waals surface area (Å²) in [4.78, 5) is 14.2. The number of carbonyl (C=O) groups excluding carboxylic acids is 1. The molecular formula is C19H24N2O. The number of amides is 1. The fraction of sp³-hybridized carbons (Fsp3) is 0.316. The smallest absolute Gasteiger partial charge is 0.228 e. The van der Waals surface area contributed by atoms with Crippen LogP contribution in [0.25, 0.3) is 0 Å². The summed E-state index contributed by atoms with van der Waals surface area (Å²) in [6.45, 7) is 6.30. The van der Waals surface area contributed by atoms with Crippen molar-refractivity contribution in [2.24, 2.45) is 0 Å². The first-order chi connectivity index (χ1) is 10.7. The van der Waals surface area contributed by atoms with Crippen molar-refractivity contribution in [3.05, 3.63) is 65.7 Å². The molecule has 116 valence electrons. The third-order valence-electron chi connectivity index (χ3n) is 3.78. The Morgan fingerprint density at radius 3 is 2.41 bits per heavy atom. The predicted octanol–water partition coefficient (Wildman–Crippen LogP) is 3.53. The molecule has 0 aliphatic carbocycles. The van der Waals surface area contributed by atoms with E-state index in [0.29, 0.717) is 19.5 Å². The second-order valence-electron chi connectivity index (χ2n) is 5.33. The van der Waals surface area contributed by atoms with Crippen LogP contribution in [0.5, 0.6) is 0 Å². The molecule has 2 aromatic rings. The van der Waals surface area contributed by atoms with Gasteiger partial charge in [0.25, 0.3) is 0 Å². The Kier molecular flexibility index (Phi) is 6.16. The molecule has 0 unspecified atom stereocenters. The first-order valence-corrected chi connectivity index (χ1v) is 7.83. The van der Waals surface area contributed by atoms with Crippen LogP contribution < -0.4 is 10.2 Å². The maximum Gasteiger partial charge on any atom is 0.228 e. The Balaban J connectivity index is 1.81. The van der Waals surface area contributed by atoms with Gasteiger partial charge in [0, 0.05) is 31.7 Å². The number of anilines is 1. The molecule has 0 radical (unpaired) electrons. The molecule has 2 aromatic carbocycles. The maximum absolute atomic E-state index is 12.3. The number of rotatable bonds is 7. The fourth-order valence-electron chi connectivity index (χ4n) is 2.47. The normalized spacial score (nSPS) is 10.5. The molecule has 0 aliphatic rings. The van der Waals surface area contributed by atoms with E-state index in [9.17, 15) is 4.79 Å². The van der Waals surface area contributed by atoms with Crippen molar-refractivity contribution in [1.82, 2.24) is 5.32 Å². The van der Waals surface area contributed by atoms with Gasteiger partial charge in [-0.05, 0) is 37.1 Å². The maximum atomic E-state index is 12.3. The number of benzene rings is 2. The van der Waals surface area contributed by atoms with Crippen molar-refractivity contribution in [3.8, 4) is 0 Å². The van der Waals surface area contributed by atoms with Crippen LogP contribution in [0.3, 0.4) is 0 Å².